The molecule has 0 aromatic heterocycles. The van der Waals surface area contributed by atoms with Crippen molar-refractivity contribution in [3.63, 3.8) is 0 Å². The van der Waals surface area contributed by atoms with Gasteiger partial charge in [0.15, 0.2) is 0 Å². The molecule has 0 aliphatic carbocycles. The van der Waals surface area contributed by atoms with Crippen LogP contribution < -0.4 is 0 Å². The lowest BCUT2D eigenvalue weighted by Gasteiger charge is -2.26. The van der Waals surface area contributed by atoms with Crippen LogP contribution in [-0.2, 0) is 4.74 Å². The van der Waals surface area contributed by atoms with Crippen molar-refractivity contribution in [2.45, 2.75) is 44.9 Å². The molecule has 1 fully saturated rings. The fraction of sp³-hybridized carbons (Fsp3) is 0.421. The van der Waals surface area contributed by atoms with Crippen LogP contribution in [0.15, 0.2) is 42.5 Å². The molecule has 0 spiro atoms. The normalized spacial score (nSPS) is 21.7. The second-order valence-electron chi connectivity index (χ2n) is 7.15. The molecule has 0 radical (unpaired) electrons. The number of ether oxygens (including phenoxy) is 1. The second kappa shape index (κ2) is 5.85. The first-order chi connectivity index (χ1) is 10.8. The Morgan fingerprint density at radius 2 is 1.87 bits per heavy atom. The number of benzene rings is 2. The Balaban J connectivity index is 1.78. The van der Waals surface area contributed by atoms with Gasteiger partial charge in [0, 0.05) is 18.9 Å². The summed E-state index contributed by atoms with van der Waals surface area (Å²) in [5.41, 5.74) is 0.589. The highest BCUT2D eigenvalue weighted by molar-refractivity contribution is 5.83. The van der Waals surface area contributed by atoms with E-state index in [1.807, 2.05) is 32.9 Å². The minimum Gasteiger partial charge on any atom is -0.444 e. The van der Waals surface area contributed by atoms with Gasteiger partial charge in [-0.25, -0.2) is 4.79 Å². The van der Waals surface area contributed by atoms with E-state index >= 15 is 0 Å². The van der Waals surface area contributed by atoms with Crippen molar-refractivity contribution in [2.24, 2.45) is 0 Å². The van der Waals surface area contributed by atoms with E-state index in [4.69, 9.17) is 4.74 Å². The number of carbonyl (C=O) groups excluding carboxylic acids is 1. The first-order valence-electron chi connectivity index (χ1n) is 8.00. The maximum Gasteiger partial charge on any atom is 0.412 e. The number of fused-ring (bicyclic) bond motifs is 1. The smallest absolute Gasteiger partial charge is 0.412 e. The van der Waals surface area contributed by atoms with Crippen LogP contribution >= 0.6 is 0 Å². The van der Waals surface area contributed by atoms with Crippen molar-refractivity contribution in [3.05, 3.63) is 48.0 Å². The molecule has 122 valence electrons. The molecule has 1 saturated heterocycles. The number of hydrogen-bond acceptors (Lipinski definition) is 3. The van der Waals surface area contributed by atoms with E-state index < -0.39 is 17.9 Å². The molecule has 2 aromatic carbocycles. The molecule has 1 heterocycles. The van der Waals surface area contributed by atoms with Gasteiger partial charge in [0.2, 0.25) is 0 Å². The van der Waals surface area contributed by atoms with Crippen LogP contribution in [0.25, 0.3) is 10.8 Å². The van der Waals surface area contributed by atoms with Gasteiger partial charge in [-0.1, -0.05) is 42.5 Å². The molecule has 0 saturated carbocycles. The van der Waals surface area contributed by atoms with E-state index in [0.29, 0.717) is 13.0 Å². The molecule has 3 rings (SSSR count). The number of carbonyl (C=O) groups is 1. The quantitative estimate of drug-likeness (QED) is 0.869. The number of amides is 1. The molecule has 0 bridgehead atoms. The van der Waals surface area contributed by atoms with Crippen LogP contribution in [0.1, 0.15) is 38.7 Å². The summed E-state index contributed by atoms with van der Waals surface area (Å²) in [6.45, 7) is 5.96. The summed E-state index contributed by atoms with van der Waals surface area (Å²) in [5.74, 6) is 0.127. The summed E-state index contributed by atoms with van der Waals surface area (Å²) < 4.78 is 5.37. The van der Waals surface area contributed by atoms with Crippen molar-refractivity contribution < 1.29 is 14.6 Å². The highest BCUT2D eigenvalue weighted by atomic mass is 16.6. The number of likely N-dealkylation sites (tertiary alicyclic amines) is 1. The van der Waals surface area contributed by atoms with E-state index in [9.17, 15) is 9.90 Å². The van der Waals surface area contributed by atoms with Crippen LogP contribution in [0.2, 0.25) is 0 Å². The zero-order chi connectivity index (χ0) is 16.6. The fourth-order valence-electron chi connectivity index (χ4n) is 3.04. The van der Waals surface area contributed by atoms with E-state index in [-0.39, 0.29) is 5.92 Å². The monoisotopic (exact) mass is 313 g/mol. The molecule has 2 unspecified atom stereocenters. The summed E-state index contributed by atoms with van der Waals surface area (Å²) in [4.78, 5) is 13.6. The van der Waals surface area contributed by atoms with Gasteiger partial charge in [-0.15, -0.1) is 0 Å². The lowest BCUT2D eigenvalue weighted by atomic mass is 9.95. The van der Waals surface area contributed by atoms with Gasteiger partial charge < -0.3 is 9.84 Å². The Bertz CT molecular complexity index is 720. The molecule has 2 aromatic rings. The van der Waals surface area contributed by atoms with E-state index in [1.165, 1.54) is 15.7 Å². The van der Waals surface area contributed by atoms with Crippen molar-refractivity contribution in [2.75, 3.05) is 6.54 Å². The number of rotatable bonds is 1. The summed E-state index contributed by atoms with van der Waals surface area (Å²) in [6, 6.07) is 14.5. The molecule has 4 heteroatoms. The van der Waals surface area contributed by atoms with Crippen LogP contribution in [-0.4, -0.2) is 34.5 Å². The summed E-state index contributed by atoms with van der Waals surface area (Å²) in [5, 5.41) is 12.6. The van der Waals surface area contributed by atoms with Gasteiger partial charge in [0.1, 0.15) is 11.8 Å². The van der Waals surface area contributed by atoms with Gasteiger partial charge in [0.05, 0.1) is 0 Å². The Morgan fingerprint density at radius 1 is 1.17 bits per heavy atom. The van der Waals surface area contributed by atoms with Crippen molar-refractivity contribution in [3.8, 4) is 0 Å². The summed E-state index contributed by atoms with van der Waals surface area (Å²) in [7, 11) is 0. The highest BCUT2D eigenvalue weighted by Crippen LogP contribution is 2.33. The molecule has 1 amide bonds. The average molecular weight is 313 g/mol. The third kappa shape index (κ3) is 3.48. The van der Waals surface area contributed by atoms with Crippen LogP contribution in [0, 0.1) is 0 Å². The molecule has 1 aliphatic heterocycles. The molecule has 23 heavy (non-hydrogen) atoms. The number of hydrogen-bond donors (Lipinski definition) is 1. The predicted octanol–water partition coefficient (Wildman–Crippen LogP) is 3.88. The number of aliphatic hydroxyl groups excluding tert-OH is 1. The molecule has 2 atom stereocenters. The molecule has 4 nitrogen and oxygen atoms in total. The van der Waals surface area contributed by atoms with E-state index in [1.54, 1.807) is 0 Å². The maximum atomic E-state index is 12.2. The van der Waals surface area contributed by atoms with Crippen molar-refractivity contribution in [1.82, 2.24) is 4.90 Å². The molecular formula is C19H23NO3. The predicted molar refractivity (Wildman–Crippen MR) is 90.3 cm³/mol. The highest BCUT2D eigenvalue weighted by Gasteiger charge is 2.37. The van der Waals surface area contributed by atoms with Gasteiger partial charge in [-0.05, 0) is 37.1 Å². The van der Waals surface area contributed by atoms with Gasteiger partial charge in [-0.3, -0.25) is 4.90 Å². The fourth-order valence-corrected chi connectivity index (χ4v) is 3.04. The van der Waals surface area contributed by atoms with Gasteiger partial charge in [0.25, 0.3) is 0 Å². The first kappa shape index (κ1) is 15.8. The van der Waals surface area contributed by atoms with E-state index in [0.717, 1.165) is 5.56 Å². The second-order valence-corrected chi connectivity index (χ2v) is 7.15. The molecular weight excluding hydrogens is 290 g/mol. The third-order valence-corrected chi connectivity index (χ3v) is 4.15. The van der Waals surface area contributed by atoms with E-state index in [2.05, 4.69) is 30.3 Å². The van der Waals surface area contributed by atoms with Crippen LogP contribution in [0.4, 0.5) is 4.79 Å². The number of aliphatic hydroxyl groups is 1. The van der Waals surface area contributed by atoms with Gasteiger partial charge in [-0.2, -0.15) is 0 Å². The number of nitrogens with zero attached hydrogens (tertiary/aromatic N) is 1. The third-order valence-electron chi connectivity index (χ3n) is 4.15. The summed E-state index contributed by atoms with van der Waals surface area (Å²) in [6.07, 6.45) is -0.702. The van der Waals surface area contributed by atoms with Crippen LogP contribution in [0.5, 0.6) is 0 Å². The maximum absolute atomic E-state index is 12.2. The SMILES string of the molecule is CC(C)(C)OC(=O)N1CC(c2ccc3ccccc3c2)CC1O. The topological polar surface area (TPSA) is 49.8 Å². The zero-order valence-electron chi connectivity index (χ0n) is 13.8. The Morgan fingerprint density at radius 3 is 2.57 bits per heavy atom. The van der Waals surface area contributed by atoms with Gasteiger partial charge >= 0.3 is 6.09 Å². The first-order valence-corrected chi connectivity index (χ1v) is 8.00. The largest absolute Gasteiger partial charge is 0.444 e. The Labute approximate surface area is 136 Å². The Kier molecular flexibility index (Phi) is 4.02. The van der Waals surface area contributed by atoms with Crippen molar-refractivity contribution >= 4 is 16.9 Å². The van der Waals surface area contributed by atoms with Crippen molar-refractivity contribution in [1.29, 1.82) is 0 Å². The lowest BCUT2D eigenvalue weighted by Crippen LogP contribution is -2.39. The summed E-state index contributed by atoms with van der Waals surface area (Å²) >= 11 is 0. The standard InChI is InChI=1S/C19H23NO3/c1-19(2,3)23-18(22)20-12-16(11-17(20)21)15-9-8-13-6-4-5-7-14(13)10-15/h4-10,16-17,21H,11-12H2,1-3H3. The average Bonchev–Trinajstić information content (AvgIpc) is 2.87. The van der Waals surface area contributed by atoms with Crippen LogP contribution in [0.3, 0.4) is 0 Å². The Hall–Kier alpha value is -2.07. The lowest BCUT2D eigenvalue weighted by molar-refractivity contribution is -0.0128. The minimum atomic E-state index is -0.790. The zero-order valence-corrected chi connectivity index (χ0v) is 13.8. The molecule has 1 aliphatic rings. The molecule has 1 N–H and O–H groups in total. The minimum absolute atomic E-state index is 0.127.